The van der Waals surface area contributed by atoms with Gasteiger partial charge >= 0.3 is 0 Å². The topological polar surface area (TPSA) is 53.5 Å². The fourth-order valence-corrected chi connectivity index (χ4v) is 3.27. The lowest BCUT2D eigenvalue weighted by atomic mass is 10.0. The first-order valence-corrected chi connectivity index (χ1v) is 9.05. The van der Waals surface area contributed by atoms with Crippen LogP contribution in [0.4, 0.5) is 11.4 Å². The van der Waals surface area contributed by atoms with Crippen molar-refractivity contribution in [2.45, 2.75) is 13.1 Å². The van der Waals surface area contributed by atoms with Gasteiger partial charge in [0.1, 0.15) is 0 Å². The number of carbonyl (C=O) groups is 1. The largest absolute Gasteiger partial charge is 0.356 e. The van der Waals surface area contributed by atoms with E-state index in [1.807, 2.05) is 73.7 Å². The molecule has 1 amide bonds. The molecular formula is C22H18ClN3O. The summed E-state index contributed by atoms with van der Waals surface area (Å²) < 4.78 is 0. The number of benzodiazepines with no additional fused rings is 1. The van der Waals surface area contributed by atoms with Crippen molar-refractivity contribution >= 4 is 34.6 Å². The maximum absolute atomic E-state index is 12.8. The van der Waals surface area contributed by atoms with Gasteiger partial charge < -0.3 is 10.6 Å². The second kappa shape index (κ2) is 7.25. The minimum absolute atomic E-state index is 0.217. The van der Waals surface area contributed by atoms with Crippen LogP contribution in [0.15, 0.2) is 77.8 Å². The third-order valence-corrected chi connectivity index (χ3v) is 4.60. The Morgan fingerprint density at radius 1 is 1.00 bits per heavy atom. The molecule has 134 valence electrons. The average molecular weight is 376 g/mol. The van der Waals surface area contributed by atoms with Crippen molar-refractivity contribution in [2.75, 3.05) is 10.6 Å². The Morgan fingerprint density at radius 2 is 1.81 bits per heavy atom. The molecule has 4 rings (SSSR count). The monoisotopic (exact) mass is 375 g/mol. The normalized spacial score (nSPS) is 16.0. The van der Waals surface area contributed by atoms with E-state index in [0.29, 0.717) is 10.7 Å². The molecule has 3 aromatic rings. The summed E-state index contributed by atoms with van der Waals surface area (Å²) in [5.74, 6) is -0.217. The molecule has 1 heterocycles. The van der Waals surface area contributed by atoms with Crippen LogP contribution in [0.25, 0.3) is 0 Å². The maximum Gasteiger partial charge on any atom is 0.269 e. The highest BCUT2D eigenvalue weighted by atomic mass is 35.5. The Hall–Kier alpha value is -3.11. The highest BCUT2D eigenvalue weighted by molar-refractivity contribution is 6.32. The van der Waals surface area contributed by atoms with Gasteiger partial charge in [-0.15, -0.1) is 0 Å². The molecule has 0 bridgehead atoms. The Labute approximate surface area is 162 Å². The Balaban J connectivity index is 1.82. The molecule has 2 N–H and O–H groups in total. The molecule has 3 aromatic carbocycles. The molecule has 27 heavy (non-hydrogen) atoms. The number of rotatable bonds is 3. The summed E-state index contributed by atoms with van der Waals surface area (Å²) in [5, 5.41) is 6.78. The number of anilines is 2. The van der Waals surface area contributed by atoms with E-state index in [2.05, 4.69) is 10.6 Å². The predicted octanol–water partition coefficient (Wildman–Crippen LogP) is 4.88. The summed E-state index contributed by atoms with van der Waals surface area (Å²) in [7, 11) is 0. The smallest absolute Gasteiger partial charge is 0.269 e. The number of nitrogens with one attached hydrogen (secondary N) is 2. The zero-order chi connectivity index (χ0) is 18.8. The molecule has 0 spiro atoms. The number of hydrogen-bond donors (Lipinski definition) is 2. The fraction of sp³-hybridized carbons (Fsp3) is 0.0909. The summed E-state index contributed by atoms with van der Waals surface area (Å²) in [6, 6.07) is 23.1. The lowest BCUT2D eigenvalue weighted by molar-refractivity contribution is -0.116. The van der Waals surface area contributed by atoms with E-state index >= 15 is 0 Å². The van der Waals surface area contributed by atoms with E-state index in [9.17, 15) is 4.79 Å². The number of amides is 1. The van der Waals surface area contributed by atoms with Crippen molar-refractivity contribution in [3.63, 3.8) is 0 Å². The zero-order valence-corrected chi connectivity index (χ0v) is 15.5. The van der Waals surface area contributed by atoms with Crippen molar-refractivity contribution in [1.29, 1.82) is 0 Å². The first kappa shape index (κ1) is 17.3. The van der Waals surface area contributed by atoms with E-state index in [1.165, 1.54) is 0 Å². The van der Waals surface area contributed by atoms with Gasteiger partial charge in [0.2, 0.25) is 0 Å². The van der Waals surface area contributed by atoms with E-state index in [1.54, 1.807) is 6.07 Å². The zero-order valence-electron chi connectivity index (χ0n) is 14.7. The van der Waals surface area contributed by atoms with Gasteiger partial charge in [-0.25, -0.2) is 4.99 Å². The van der Waals surface area contributed by atoms with Crippen LogP contribution in [0.5, 0.6) is 0 Å². The fourth-order valence-electron chi connectivity index (χ4n) is 3.10. The predicted molar refractivity (Wildman–Crippen MR) is 111 cm³/mol. The van der Waals surface area contributed by atoms with Crippen LogP contribution in [-0.4, -0.2) is 17.8 Å². The highest BCUT2D eigenvalue weighted by Crippen LogP contribution is 2.27. The minimum Gasteiger partial charge on any atom is -0.356 e. The van der Waals surface area contributed by atoms with E-state index in [-0.39, 0.29) is 5.91 Å². The first-order chi connectivity index (χ1) is 13.1. The van der Waals surface area contributed by atoms with Gasteiger partial charge in [-0.05, 0) is 42.8 Å². The van der Waals surface area contributed by atoms with Crippen LogP contribution in [0, 0.1) is 6.92 Å². The number of aliphatic imine (C=N–C) groups is 1. The lowest BCUT2D eigenvalue weighted by Gasteiger charge is -2.15. The van der Waals surface area contributed by atoms with E-state index in [0.717, 1.165) is 28.1 Å². The van der Waals surface area contributed by atoms with Gasteiger partial charge in [0.25, 0.3) is 5.91 Å². The summed E-state index contributed by atoms with van der Waals surface area (Å²) in [5.41, 5.74) is 5.09. The van der Waals surface area contributed by atoms with E-state index < -0.39 is 6.17 Å². The summed E-state index contributed by atoms with van der Waals surface area (Å²) in [6.07, 6.45) is -0.756. The molecule has 4 nitrogen and oxygen atoms in total. The number of aryl methyl sites for hydroxylation is 1. The first-order valence-electron chi connectivity index (χ1n) is 8.67. The van der Waals surface area contributed by atoms with Crippen molar-refractivity contribution in [3.8, 4) is 0 Å². The summed E-state index contributed by atoms with van der Waals surface area (Å²) in [6.45, 7) is 2.01. The van der Waals surface area contributed by atoms with E-state index in [4.69, 9.17) is 16.6 Å². The highest BCUT2D eigenvalue weighted by Gasteiger charge is 2.26. The van der Waals surface area contributed by atoms with Gasteiger partial charge in [0.05, 0.1) is 11.4 Å². The quantitative estimate of drug-likeness (QED) is 0.685. The summed E-state index contributed by atoms with van der Waals surface area (Å²) in [4.78, 5) is 17.6. The molecule has 0 saturated carbocycles. The van der Waals surface area contributed by atoms with Crippen LogP contribution in [-0.2, 0) is 4.79 Å². The lowest BCUT2D eigenvalue weighted by Crippen LogP contribution is -2.32. The molecule has 1 aliphatic rings. The molecule has 1 atom stereocenters. The van der Waals surface area contributed by atoms with Crippen molar-refractivity contribution < 1.29 is 4.79 Å². The van der Waals surface area contributed by atoms with Crippen molar-refractivity contribution in [1.82, 2.24) is 0 Å². The molecule has 5 heteroatoms. The number of fused-ring (bicyclic) bond motifs is 1. The van der Waals surface area contributed by atoms with Gasteiger partial charge in [0, 0.05) is 21.8 Å². The van der Waals surface area contributed by atoms with Gasteiger partial charge in [-0.3, -0.25) is 4.79 Å². The molecule has 0 saturated heterocycles. The minimum atomic E-state index is -0.756. The van der Waals surface area contributed by atoms with Crippen molar-refractivity contribution in [3.05, 3.63) is 94.5 Å². The SMILES string of the molecule is Cc1cccc(NC2N=C(c3ccccc3)c3cc(Cl)ccc3NC2=O)c1. The van der Waals surface area contributed by atoms with Gasteiger partial charge in [0.15, 0.2) is 6.17 Å². The third kappa shape index (κ3) is 3.71. The summed E-state index contributed by atoms with van der Waals surface area (Å²) >= 11 is 6.22. The molecule has 0 aliphatic carbocycles. The maximum atomic E-state index is 12.8. The number of nitrogens with zero attached hydrogens (tertiary/aromatic N) is 1. The van der Waals surface area contributed by atoms with Crippen LogP contribution in [0.3, 0.4) is 0 Å². The second-order valence-corrected chi connectivity index (χ2v) is 6.88. The molecule has 0 aromatic heterocycles. The third-order valence-electron chi connectivity index (χ3n) is 4.37. The Morgan fingerprint density at radius 3 is 2.59 bits per heavy atom. The molecular weight excluding hydrogens is 358 g/mol. The number of benzene rings is 3. The van der Waals surface area contributed by atoms with Crippen molar-refractivity contribution in [2.24, 2.45) is 4.99 Å². The Bertz CT molecular complexity index is 1030. The number of hydrogen-bond acceptors (Lipinski definition) is 3. The van der Waals surface area contributed by atoms with Crippen LogP contribution >= 0.6 is 11.6 Å². The standard InChI is InChI=1S/C22H18ClN3O/c1-14-6-5-9-17(12-14)24-21-22(27)25-19-11-10-16(23)13-18(19)20(26-21)15-7-3-2-4-8-15/h2-13,21,24H,1H3,(H,25,27). The van der Waals surface area contributed by atoms with Crippen LogP contribution in [0.2, 0.25) is 5.02 Å². The van der Waals surface area contributed by atoms with Gasteiger partial charge in [-0.2, -0.15) is 0 Å². The molecule has 1 aliphatic heterocycles. The van der Waals surface area contributed by atoms with Crippen LogP contribution < -0.4 is 10.6 Å². The molecule has 0 fully saturated rings. The molecule has 0 radical (unpaired) electrons. The number of carbonyl (C=O) groups excluding carboxylic acids is 1. The number of halogens is 1. The Kier molecular flexibility index (Phi) is 4.65. The van der Waals surface area contributed by atoms with Crippen LogP contribution in [0.1, 0.15) is 16.7 Å². The second-order valence-electron chi connectivity index (χ2n) is 6.44. The average Bonchev–Trinajstić information content (AvgIpc) is 2.79. The molecule has 1 unspecified atom stereocenters. The van der Waals surface area contributed by atoms with Gasteiger partial charge in [-0.1, -0.05) is 54.1 Å².